The van der Waals surface area contributed by atoms with Crippen molar-refractivity contribution in [3.05, 3.63) is 30.3 Å². The number of benzene rings is 1. The molecule has 0 bridgehead atoms. The van der Waals surface area contributed by atoms with Gasteiger partial charge in [0.25, 0.3) is 0 Å². The molecule has 0 spiro atoms. The lowest BCUT2D eigenvalue weighted by Crippen LogP contribution is -2.48. The van der Waals surface area contributed by atoms with Gasteiger partial charge in [-0.3, -0.25) is 0 Å². The van der Waals surface area contributed by atoms with Crippen LogP contribution in [0.4, 0.5) is 10.5 Å². The van der Waals surface area contributed by atoms with Crippen LogP contribution in [0.25, 0.3) is 0 Å². The van der Waals surface area contributed by atoms with Gasteiger partial charge in [-0.15, -0.1) is 0 Å². The summed E-state index contributed by atoms with van der Waals surface area (Å²) < 4.78 is 0. The third-order valence-electron chi connectivity index (χ3n) is 2.03. The SMILES string of the molecule is CC[C@H](NC(=O)Nc1ccccc1)C(=O)[O-]. The van der Waals surface area contributed by atoms with Crippen LogP contribution in [0.5, 0.6) is 0 Å². The lowest BCUT2D eigenvalue weighted by molar-refractivity contribution is -0.308. The third kappa shape index (κ3) is 3.61. The molecule has 1 rings (SSSR count). The van der Waals surface area contributed by atoms with E-state index >= 15 is 0 Å². The van der Waals surface area contributed by atoms with Crippen LogP contribution in [0.1, 0.15) is 13.3 Å². The van der Waals surface area contributed by atoms with Crippen LogP contribution in [-0.4, -0.2) is 18.0 Å². The van der Waals surface area contributed by atoms with Gasteiger partial charge in [0.15, 0.2) is 0 Å². The van der Waals surface area contributed by atoms with Crippen molar-refractivity contribution in [1.82, 2.24) is 5.32 Å². The molecule has 0 aliphatic heterocycles. The standard InChI is InChI=1S/C11H14N2O3/c1-2-9(10(14)15)13-11(16)12-8-6-4-3-5-7-8/h3-7,9H,2H2,1H3,(H,14,15)(H2,12,13,16)/p-1/t9-/m0/s1. The molecule has 0 aliphatic carbocycles. The maximum absolute atomic E-state index is 11.4. The number of carbonyl (C=O) groups excluding carboxylic acids is 2. The second kappa shape index (κ2) is 5.75. The summed E-state index contributed by atoms with van der Waals surface area (Å²) in [6.07, 6.45) is 0.282. The number of rotatable bonds is 4. The average Bonchev–Trinajstić information content (AvgIpc) is 2.27. The number of para-hydroxylation sites is 1. The number of carbonyl (C=O) groups is 2. The van der Waals surface area contributed by atoms with Crippen LogP contribution in [-0.2, 0) is 4.79 Å². The lowest BCUT2D eigenvalue weighted by Gasteiger charge is -2.18. The first-order chi connectivity index (χ1) is 7.63. The van der Waals surface area contributed by atoms with Gasteiger partial charge in [-0.1, -0.05) is 25.1 Å². The molecule has 1 aromatic rings. The Labute approximate surface area is 93.5 Å². The molecule has 5 heteroatoms. The largest absolute Gasteiger partial charge is 0.548 e. The second-order valence-electron chi connectivity index (χ2n) is 3.24. The summed E-state index contributed by atoms with van der Waals surface area (Å²) in [6.45, 7) is 1.66. The molecule has 86 valence electrons. The Balaban J connectivity index is 2.50. The molecular weight excluding hydrogens is 208 g/mol. The average molecular weight is 221 g/mol. The van der Waals surface area contributed by atoms with E-state index in [-0.39, 0.29) is 6.42 Å². The van der Waals surface area contributed by atoms with Crippen molar-refractivity contribution < 1.29 is 14.7 Å². The number of hydrogen-bond donors (Lipinski definition) is 2. The van der Waals surface area contributed by atoms with Crippen LogP contribution in [0.3, 0.4) is 0 Å². The van der Waals surface area contributed by atoms with Gasteiger partial charge >= 0.3 is 6.03 Å². The van der Waals surface area contributed by atoms with Crippen LogP contribution < -0.4 is 15.7 Å². The predicted molar refractivity (Wildman–Crippen MR) is 57.7 cm³/mol. The fraction of sp³-hybridized carbons (Fsp3) is 0.273. The Morgan fingerprint density at radius 1 is 1.31 bits per heavy atom. The molecule has 16 heavy (non-hydrogen) atoms. The maximum atomic E-state index is 11.4. The molecule has 0 aliphatic rings. The Morgan fingerprint density at radius 3 is 2.44 bits per heavy atom. The highest BCUT2D eigenvalue weighted by molar-refractivity contribution is 5.91. The number of urea groups is 1. The molecule has 0 aromatic heterocycles. The van der Waals surface area contributed by atoms with E-state index in [0.717, 1.165) is 0 Å². The van der Waals surface area contributed by atoms with Gasteiger partial charge in [0.05, 0.1) is 12.0 Å². The van der Waals surface area contributed by atoms with E-state index in [1.54, 1.807) is 31.2 Å². The Bertz CT molecular complexity index is 365. The molecule has 0 saturated heterocycles. The van der Waals surface area contributed by atoms with E-state index in [0.29, 0.717) is 5.69 Å². The Kier molecular flexibility index (Phi) is 4.32. The molecule has 1 aromatic carbocycles. The predicted octanol–water partition coefficient (Wildman–Crippen LogP) is 0.337. The molecule has 0 radical (unpaired) electrons. The van der Waals surface area contributed by atoms with Gasteiger partial charge < -0.3 is 20.5 Å². The summed E-state index contributed by atoms with van der Waals surface area (Å²) >= 11 is 0. The molecule has 1 atom stereocenters. The lowest BCUT2D eigenvalue weighted by atomic mass is 10.2. The fourth-order valence-corrected chi connectivity index (χ4v) is 1.17. The smallest absolute Gasteiger partial charge is 0.319 e. The highest BCUT2D eigenvalue weighted by atomic mass is 16.4. The minimum Gasteiger partial charge on any atom is -0.548 e. The van der Waals surface area contributed by atoms with Crippen molar-refractivity contribution in [2.75, 3.05) is 5.32 Å². The first kappa shape index (κ1) is 12.0. The van der Waals surface area contributed by atoms with Crippen molar-refractivity contribution in [3.63, 3.8) is 0 Å². The molecule has 2 amide bonds. The molecular formula is C11H13N2O3-. The topological polar surface area (TPSA) is 81.3 Å². The minimum absolute atomic E-state index is 0.282. The maximum Gasteiger partial charge on any atom is 0.319 e. The summed E-state index contributed by atoms with van der Waals surface area (Å²) in [6, 6.07) is 7.25. The van der Waals surface area contributed by atoms with Gasteiger partial charge in [0.2, 0.25) is 0 Å². The van der Waals surface area contributed by atoms with Gasteiger partial charge in [-0.2, -0.15) is 0 Å². The molecule has 2 N–H and O–H groups in total. The summed E-state index contributed by atoms with van der Waals surface area (Å²) in [5.41, 5.74) is 0.605. The molecule has 5 nitrogen and oxygen atoms in total. The van der Waals surface area contributed by atoms with Crippen LogP contribution in [0, 0.1) is 0 Å². The molecule has 0 saturated carbocycles. The van der Waals surface area contributed by atoms with Crippen molar-refractivity contribution in [2.45, 2.75) is 19.4 Å². The first-order valence-corrected chi connectivity index (χ1v) is 4.97. The number of hydrogen-bond acceptors (Lipinski definition) is 3. The quantitative estimate of drug-likeness (QED) is 0.769. The Morgan fingerprint density at radius 2 is 1.94 bits per heavy atom. The van der Waals surface area contributed by atoms with Gasteiger partial charge in [-0.25, -0.2) is 4.79 Å². The normalized spacial score (nSPS) is 11.6. The van der Waals surface area contributed by atoms with E-state index in [4.69, 9.17) is 0 Å². The Hall–Kier alpha value is -2.04. The van der Waals surface area contributed by atoms with E-state index in [9.17, 15) is 14.7 Å². The molecule has 0 unspecified atom stereocenters. The number of nitrogens with one attached hydrogen (secondary N) is 2. The second-order valence-corrected chi connectivity index (χ2v) is 3.24. The summed E-state index contributed by atoms with van der Waals surface area (Å²) in [5.74, 6) is -1.29. The monoisotopic (exact) mass is 221 g/mol. The van der Waals surface area contributed by atoms with Crippen molar-refractivity contribution in [3.8, 4) is 0 Å². The zero-order chi connectivity index (χ0) is 12.0. The van der Waals surface area contributed by atoms with Crippen molar-refractivity contribution in [1.29, 1.82) is 0 Å². The van der Waals surface area contributed by atoms with Gasteiger partial charge in [-0.05, 0) is 18.6 Å². The van der Waals surface area contributed by atoms with Gasteiger partial charge in [0.1, 0.15) is 0 Å². The van der Waals surface area contributed by atoms with E-state index < -0.39 is 18.0 Å². The number of anilines is 1. The van der Waals surface area contributed by atoms with E-state index in [1.165, 1.54) is 0 Å². The molecule has 0 fully saturated rings. The van der Waals surface area contributed by atoms with Gasteiger partial charge in [0, 0.05) is 5.69 Å². The minimum atomic E-state index is -1.29. The van der Waals surface area contributed by atoms with Crippen molar-refractivity contribution >= 4 is 17.7 Å². The zero-order valence-electron chi connectivity index (χ0n) is 8.90. The highest BCUT2D eigenvalue weighted by Gasteiger charge is 2.10. The number of carboxylic acid groups (broad SMARTS) is 1. The number of carboxylic acids is 1. The first-order valence-electron chi connectivity index (χ1n) is 4.97. The third-order valence-corrected chi connectivity index (χ3v) is 2.03. The summed E-state index contributed by atoms with van der Waals surface area (Å²) in [7, 11) is 0. The van der Waals surface area contributed by atoms with Crippen molar-refractivity contribution in [2.24, 2.45) is 0 Å². The molecule has 0 heterocycles. The van der Waals surface area contributed by atoms with Crippen LogP contribution in [0.2, 0.25) is 0 Å². The van der Waals surface area contributed by atoms with E-state index in [2.05, 4.69) is 10.6 Å². The van der Waals surface area contributed by atoms with Crippen LogP contribution >= 0.6 is 0 Å². The summed E-state index contributed by atoms with van der Waals surface area (Å²) in [5, 5.41) is 15.4. The van der Waals surface area contributed by atoms with E-state index in [1.807, 2.05) is 6.07 Å². The van der Waals surface area contributed by atoms with Crippen LogP contribution in [0.15, 0.2) is 30.3 Å². The number of aliphatic carboxylic acids is 1. The number of amides is 2. The zero-order valence-corrected chi connectivity index (χ0v) is 8.90. The highest BCUT2D eigenvalue weighted by Crippen LogP contribution is 2.04. The fourth-order valence-electron chi connectivity index (χ4n) is 1.17. The summed E-state index contributed by atoms with van der Waals surface area (Å²) in [4.78, 5) is 21.9.